The lowest BCUT2D eigenvalue weighted by atomic mass is 10.0. The van der Waals surface area contributed by atoms with Gasteiger partial charge in [-0.05, 0) is 58.2 Å². The maximum absolute atomic E-state index is 8.91. The largest absolute Gasteiger partial charge is 0.192 e. The molecule has 0 fully saturated rings. The van der Waals surface area contributed by atoms with Crippen molar-refractivity contribution >= 4 is 28.6 Å². The Bertz CT molecular complexity index is 829. The fourth-order valence-electron chi connectivity index (χ4n) is 2.13. The number of nitriles is 1. The molecule has 0 saturated heterocycles. The third kappa shape index (κ3) is 3.34. The number of thioether (sulfide) groups is 1. The number of nitrogens with zero attached hydrogens (tertiary/aromatic N) is 1. The lowest BCUT2D eigenvalue weighted by Gasteiger charge is -2.00. The third-order valence-electron chi connectivity index (χ3n) is 3.20. The van der Waals surface area contributed by atoms with Gasteiger partial charge in [-0.15, -0.1) is 0 Å². The number of fused-ring (bicyclic) bond motifs is 1. The zero-order chi connectivity index (χ0) is 14.5. The van der Waals surface area contributed by atoms with E-state index in [4.69, 9.17) is 5.26 Å². The molecular formula is C19H13NS. The summed E-state index contributed by atoms with van der Waals surface area (Å²) in [5.74, 6) is 0. The van der Waals surface area contributed by atoms with Crippen LogP contribution in [0, 0.1) is 11.3 Å². The van der Waals surface area contributed by atoms with E-state index >= 15 is 0 Å². The highest BCUT2D eigenvalue weighted by Crippen LogP contribution is 2.22. The van der Waals surface area contributed by atoms with Gasteiger partial charge in [-0.25, -0.2) is 0 Å². The second-order valence-corrected chi connectivity index (χ2v) is 5.65. The molecule has 3 aromatic rings. The summed E-state index contributed by atoms with van der Waals surface area (Å²) < 4.78 is 0. The lowest BCUT2D eigenvalue weighted by Crippen LogP contribution is -1.78. The van der Waals surface area contributed by atoms with Crippen molar-refractivity contribution < 1.29 is 0 Å². The van der Waals surface area contributed by atoms with Gasteiger partial charge in [0.25, 0.3) is 0 Å². The molecule has 100 valence electrons. The van der Waals surface area contributed by atoms with E-state index in [2.05, 4.69) is 47.9 Å². The van der Waals surface area contributed by atoms with Crippen LogP contribution < -0.4 is 0 Å². The SMILES string of the molecule is N#Cc1ccc2cc(/C=C/Sc3ccccc3)ccc2c1. The fourth-order valence-corrected chi connectivity index (χ4v) is 2.82. The molecular weight excluding hydrogens is 274 g/mol. The van der Waals surface area contributed by atoms with Gasteiger partial charge in [0.2, 0.25) is 0 Å². The van der Waals surface area contributed by atoms with Crippen LogP contribution >= 0.6 is 11.8 Å². The zero-order valence-corrected chi connectivity index (χ0v) is 12.2. The molecule has 2 heteroatoms. The van der Waals surface area contributed by atoms with Crippen molar-refractivity contribution in [3.63, 3.8) is 0 Å². The highest BCUT2D eigenvalue weighted by molar-refractivity contribution is 8.02. The van der Waals surface area contributed by atoms with Gasteiger partial charge in [-0.2, -0.15) is 5.26 Å². The molecule has 0 spiro atoms. The van der Waals surface area contributed by atoms with Crippen molar-refractivity contribution in [3.05, 3.63) is 83.3 Å². The predicted molar refractivity (Wildman–Crippen MR) is 90.0 cm³/mol. The smallest absolute Gasteiger partial charge is 0.0991 e. The summed E-state index contributed by atoms with van der Waals surface area (Å²) in [7, 11) is 0. The molecule has 0 saturated carbocycles. The average molecular weight is 287 g/mol. The first kappa shape index (κ1) is 13.5. The van der Waals surface area contributed by atoms with Gasteiger partial charge in [0, 0.05) is 4.90 Å². The fraction of sp³-hybridized carbons (Fsp3) is 0. The van der Waals surface area contributed by atoms with E-state index in [-0.39, 0.29) is 0 Å². The first-order valence-corrected chi connectivity index (χ1v) is 7.55. The molecule has 3 rings (SSSR count). The molecule has 3 aromatic carbocycles. The Kier molecular flexibility index (Phi) is 4.04. The highest BCUT2D eigenvalue weighted by Gasteiger charge is 1.97. The average Bonchev–Trinajstić information content (AvgIpc) is 2.55. The van der Waals surface area contributed by atoms with E-state index in [9.17, 15) is 0 Å². The van der Waals surface area contributed by atoms with E-state index in [0.29, 0.717) is 5.56 Å². The summed E-state index contributed by atoms with van der Waals surface area (Å²) in [6, 6.07) is 24.5. The van der Waals surface area contributed by atoms with Crippen molar-refractivity contribution in [1.29, 1.82) is 5.26 Å². The van der Waals surface area contributed by atoms with Crippen LogP contribution in [0.15, 0.2) is 77.0 Å². The highest BCUT2D eigenvalue weighted by atomic mass is 32.2. The molecule has 0 unspecified atom stereocenters. The van der Waals surface area contributed by atoms with Gasteiger partial charge in [0.15, 0.2) is 0 Å². The summed E-state index contributed by atoms with van der Waals surface area (Å²) >= 11 is 1.70. The summed E-state index contributed by atoms with van der Waals surface area (Å²) in [4.78, 5) is 1.23. The molecule has 0 N–H and O–H groups in total. The zero-order valence-electron chi connectivity index (χ0n) is 11.4. The first-order chi connectivity index (χ1) is 10.3. The molecule has 1 nitrogen and oxygen atoms in total. The molecule has 0 bridgehead atoms. The van der Waals surface area contributed by atoms with Crippen LogP contribution in [0.1, 0.15) is 11.1 Å². The van der Waals surface area contributed by atoms with E-state index in [1.54, 1.807) is 11.8 Å². The molecule has 21 heavy (non-hydrogen) atoms. The number of hydrogen-bond acceptors (Lipinski definition) is 2. The Morgan fingerprint density at radius 1 is 0.857 bits per heavy atom. The summed E-state index contributed by atoms with van der Waals surface area (Å²) in [5, 5.41) is 13.3. The summed E-state index contributed by atoms with van der Waals surface area (Å²) in [5.41, 5.74) is 1.86. The first-order valence-electron chi connectivity index (χ1n) is 6.67. The van der Waals surface area contributed by atoms with Crippen molar-refractivity contribution in [3.8, 4) is 6.07 Å². The van der Waals surface area contributed by atoms with Gasteiger partial charge < -0.3 is 0 Å². The van der Waals surface area contributed by atoms with Crippen LogP contribution in [0.5, 0.6) is 0 Å². The molecule has 0 heterocycles. The molecule has 0 aliphatic heterocycles. The van der Waals surface area contributed by atoms with Crippen molar-refractivity contribution in [2.75, 3.05) is 0 Å². The topological polar surface area (TPSA) is 23.8 Å². The minimum Gasteiger partial charge on any atom is -0.192 e. The van der Waals surface area contributed by atoms with Gasteiger partial charge in [-0.1, -0.05) is 48.2 Å². The van der Waals surface area contributed by atoms with E-state index < -0.39 is 0 Å². The quantitative estimate of drug-likeness (QED) is 0.596. The Morgan fingerprint density at radius 3 is 2.43 bits per heavy atom. The lowest BCUT2D eigenvalue weighted by molar-refractivity contribution is 1.47. The molecule has 0 radical (unpaired) electrons. The monoisotopic (exact) mass is 287 g/mol. The van der Waals surface area contributed by atoms with Crippen molar-refractivity contribution in [2.24, 2.45) is 0 Å². The molecule has 0 amide bonds. The Balaban J connectivity index is 1.80. The third-order valence-corrected chi connectivity index (χ3v) is 4.02. The van der Waals surface area contributed by atoms with Crippen LogP contribution in [0.4, 0.5) is 0 Å². The van der Waals surface area contributed by atoms with Crippen molar-refractivity contribution in [2.45, 2.75) is 4.90 Å². The Labute approximate surface area is 128 Å². The summed E-state index contributed by atoms with van der Waals surface area (Å²) in [6.45, 7) is 0. The normalized spacial score (nSPS) is 10.8. The minimum atomic E-state index is 0.699. The van der Waals surface area contributed by atoms with Gasteiger partial charge in [0.1, 0.15) is 0 Å². The van der Waals surface area contributed by atoms with Gasteiger partial charge in [0.05, 0.1) is 11.6 Å². The molecule has 0 aromatic heterocycles. The van der Waals surface area contributed by atoms with Crippen LogP contribution in [0.25, 0.3) is 16.8 Å². The minimum absolute atomic E-state index is 0.699. The van der Waals surface area contributed by atoms with E-state index in [0.717, 1.165) is 16.3 Å². The van der Waals surface area contributed by atoms with Crippen molar-refractivity contribution in [1.82, 2.24) is 0 Å². The Hall–Kier alpha value is -2.50. The number of hydrogen-bond donors (Lipinski definition) is 0. The maximum atomic E-state index is 8.91. The molecule has 0 aliphatic carbocycles. The Morgan fingerprint density at radius 2 is 1.62 bits per heavy atom. The second kappa shape index (κ2) is 6.30. The van der Waals surface area contributed by atoms with E-state index in [1.165, 1.54) is 4.90 Å². The van der Waals surface area contributed by atoms with Crippen LogP contribution in [-0.4, -0.2) is 0 Å². The van der Waals surface area contributed by atoms with Gasteiger partial charge in [-0.3, -0.25) is 0 Å². The standard InChI is InChI=1S/C19H13NS/c20-14-16-7-9-17-12-15(6-8-18(17)13-16)10-11-21-19-4-2-1-3-5-19/h1-13H/b11-10+. The maximum Gasteiger partial charge on any atom is 0.0991 e. The number of benzene rings is 3. The van der Waals surface area contributed by atoms with Crippen LogP contribution in [0.3, 0.4) is 0 Å². The predicted octanol–water partition coefficient (Wildman–Crippen LogP) is 5.47. The number of rotatable bonds is 3. The van der Waals surface area contributed by atoms with Crippen LogP contribution in [-0.2, 0) is 0 Å². The van der Waals surface area contributed by atoms with Gasteiger partial charge >= 0.3 is 0 Å². The van der Waals surface area contributed by atoms with Crippen LogP contribution in [0.2, 0.25) is 0 Å². The summed E-state index contributed by atoms with van der Waals surface area (Å²) in [6.07, 6.45) is 2.11. The molecule has 0 atom stereocenters. The van der Waals surface area contributed by atoms with E-state index in [1.807, 2.05) is 36.4 Å². The molecule has 0 aliphatic rings. The second-order valence-electron chi connectivity index (χ2n) is 4.67.